The van der Waals surface area contributed by atoms with Gasteiger partial charge in [0.1, 0.15) is 6.07 Å². The van der Waals surface area contributed by atoms with Gasteiger partial charge in [-0.15, -0.1) is 0 Å². The number of aryl methyl sites for hydroxylation is 1. The molecule has 3 nitrogen and oxygen atoms in total. The highest BCUT2D eigenvalue weighted by Gasteiger charge is 2.45. The Balaban J connectivity index is 1.44. The van der Waals surface area contributed by atoms with Gasteiger partial charge in [-0.2, -0.15) is 5.26 Å². The van der Waals surface area contributed by atoms with Crippen LogP contribution in [-0.4, -0.2) is 6.71 Å². The Morgan fingerprint density at radius 1 is 0.509 bits per heavy atom. The fraction of sp³-hybridized carbons (Fsp3) is 0.288. The number of halogens is 1. The molecule has 0 aromatic heterocycles. The predicted octanol–water partition coefficient (Wildman–Crippen LogP) is 12.5. The van der Waals surface area contributed by atoms with E-state index in [0.717, 1.165) is 28.3 Å². The van der Waals surface area contributed by atoms with E-state index in [0.29, 0.717) is 5.56 Å². The van der Waals surface area contributed by atoms with E-state index in [1.807, 2.05) is 0 Å². The Bertz CT molecular complexity index is 2580. The molecule has 2 aliphatic heterocycles. The lowest BCUT2D eigenvalue weighted by atomic mass is 9.33. The number of hydrogen-bond donors (Lipinski definition) is 0. The second kappa shape index (κ2) is 13.5. The molecule has 0 radical (unpaired) electrons. The monoisotopic (exact) mass is 809 g/mol. The molecule has 0 fully saturated rings. The van der Waals surface area contributed by atoms with Crippen molar-refractivity contribution in [2.24, 2.45) is 0 Å². The van der Waals surface area contributed by atoms with Gasteiger partial charge < -0.3 is 9.80 Å². The van der Waals surface area contributed by atoms with E-state index in [4.69, 9.17) is 0 Å². The molecule has 57 heavy (non-hydrogen) atoms. The highest BCUT2D eigenvalue weighted by molar-refractivity contribution is 9.09. The summed E-state index contributed by atoms with van der Waals surface area (Å²) in [6.45, 7) is 24.8. The summed E-state index contributed by atoms with van der Waals surface area (Å²) in [5.41, 5.74) is 18.1. The van der Waals surface area contributed by atoms with Crippen molar-refractivity contribution in [2.45, 2.75) is 96.7 Å². The molecule has 2 heterocycles. The van der Waals surface area contributed by atoms with Crippen LogP contribution in [0.5, 0.6) is 0 Å². The van der Waals surface area contributed by atoms with Crippen LogP contribution in [0.2, 0.25) is 0 Å². The summed E-state index contributed by atoms with van der Waals surface area (Å²) in [6, 6.07) is 47.7. The smallest absolute Gasteiger partial charge is 0.252 e. The van der Waals surface area contributed by atoms with E-state index >= 15 is 0 Å². The molecule has 0 saturated heterocycles. The number of anilines is 6. The fourth-order valence-corrected chi connectivity index (χ4v) is 9.10. The standard InChI is InChI=1S/C52H53BBrN3/c1-33-27-46-48-47(28-33)57(43-24-20-38(29-34(43)32-55)51(8,9)36-15-13-12-14-16-36)45-26-21-39(52(10,11)54)31-42(45)53(48)41-30-37(50(5,6)7)19-25-44(41)56(46)40-22-17-35(18-23-40)49(2,3)4/h12-31H,1-11H3. The van der Waals surface area contributed by atoms with Gasteiger partial charge in [0.2, 0.25) is 0 Å². The minimum atomic E-state index is -0.285. The molecular formula is C52H53BBrN3. The molecule has 0 unspecified atom stereocenters. The number of hydrogen-bond acceptors (Lipinski definition) is 3. The molecule has 0 amide bonds. The van der Waals surface area contributed by atoms with Crippen molar-refractivity contribution in [2.75, 3.05) is 9.80 Å². The highest BCUT2D eigenvalue weighted by Crippen LogP contribution is 2.47. The molecule has 2 aliphatic rings. The largest absolute Gasteiger partial charge is 0.311 e. The van der Waals surface area contributed by atoms with E-state index in [2.05, 4.69) is 229 Å². The van der Waals surface area contributed by atoms with E-state index < -0.39 is 0 Å². The van der Waals surface area contributed by atoms with Crippen molar-refractivity contribution in [3.63, 3.8) is 0 Å². The second-order valence-electron chi connectivity index (χ2n) is 19.2. The number of fused-ring (bicyclic) bond motifs is 4. The van der Waals surface area contributed by atoms with Crippen LogP contribution in [0.25, 0.3) is 0 Å². The van der Waals surface area contributed by atoms with E-state index in [1.54, 1.807) is 0 Å². The van der Waals surface area contributed by atoms with Crippen LogP contribution in [-0.2, 0) is 20.6 Å². The molecule has 0 spiro atoms. The minimum absolute atomic E-state index is 0.0270. The van der Waals surface area contributed by atoms with Crippen molar-refractivity contribution >= 4 is 73.2 Å². The average molecular weight is 811 g/mol. The van der Waals surface area contributed by atoms with E-state index in [-0.39, 0.29) is 27.3 Å². The Labute approximate surface area is 349 Å². The normalized spacial score (nSPS) is 13.8. The summed E-state index contributed by atoms with van der Waals surface area (Å²) in [6.07, 6.45) is 0. The van der Waals surface area contributed by atoms with Crippen molar-refractivity contribution in [3.8, 4) is 6.07 Å². The summed E-state index contributed by atoms with van der Waals surface area (Å²) >= 11 is 4.02. The van der Waals surface area contributed by atoms with Gasteiger partial charge >= 0.3 is 0 Å². The van der Waals surface area contributed by atoms with Gasteiger partial charge in [0.05, 0.1) is 11.3 Å². The molecule has 6 aromatic carbocycles. The summed E-state index contributed by atoms with van der Waals surface area (Å²) in [7, 11) is 0. The molecule has 5 heteroatoms. The molecule has 286 valence electrons. The third-order valence-electron chi connectivity index (χ3n) is 12.3. The molecule has 6 aromatic rings. The first-order valence-corrected chi connectivity index (χ1v) is 21.0. The maximum Gasteiger partial charge on any atom is 0.252 e. The van der Waals surface area contributed by atoms with Crippen LogP contribution in [0.15, 0.2) is 121 Å². The van der Waals surface area contributed by atoms with Crippen LogP contribution in [0.3, 0.4) is 0 Å². The minimum Gasteiger partial charge on any atom is -0.311 e. The Hall–Kier alpha value is -5.05. The van der Waals surface area contributed by atoms with Crippen LogP contribution in [0.4, 0.5) is 34.1 Å². The predicted molar refractivity (Wildman–Crippen MR) is 248 cm³/mol. The third kappa shape index (κ3) is 6.61. The number of benzene rings is 6. The molecule has 8 rings (SSSR count). The highest BCUT2D eigenvalue weighted by atomic mass is 79.9. The topological polar surface area (TPSA) is 30.3 Å². The zero-order valence-corrected chi connectivity index (χ0v) is 36.9. The first-order chi connectivity index (χ1) is 26.8. The summed E-state index contributed by atoms with van der Waals surface area (Å²) in [5, 5.41) is 11.0. The van der Waals surface area contributed by atoms with Gasteiger partial charge in [0.25, 0.3) is 6.71 Å². The van der Waals surface area contributed by atoms with Crippen LogP contribution >= 0.6 is 15.9 Å². The molecule has 0 N–H and O–H groups in total. The maximum atomic E-state index is 11.0. The molecule has 0 saturated carbocycles. The summed E-state index contributed by atoms with van der Waals surface area (Å²) in [4.78, 5) is 4.86. The van der Waals surface area contributed by atoms with Crippen molar-refractivity contribution in [3.05, 3.63) is 160 Å². The van der Waals surface area contributed by atoms with Gasteiger partial charge in [-0.05, 0) is 130 Å². The zero-order chi connectivity index (χ0) is 40.8. The lowest BCUT2D eigenvalue weighted by Crippen LogP contribution is -2.61. The summed E-state index contributed by atoms with van der Waals surface area (Å²) in [5.74, 6) is 0. The van der Waals surface area contributed by atoms with Crippen molar-refractivity contribution in [1.82, 2.24) is 0 Å². The molecular weight excluding hydrogens is 757 g/mol. The van der Waals surface area contributed by atoms with Crippen LogP contribution in [0, 0.1) is 18.3 Å². The average Bonchev–Trinajstić information content (AvgIpc) is 3.16. The number of nitriles is 1. The van der Waals surface area contributed by atoms with E-state index in [1.165, 1.54) is 55.6 Å². The van der Waals surface area contributed by atoms with Crippen LogP contribution < -0.4 is 26.2 Å². The Morgan fingerprint density at radius 3 is 1.60 bits per heavy atom. The Morgan fingerprint density at radius 2 is 1.02 bits per heavy atom. The van der Waals surface area contributed by atoms with E-state index in [9.17, 15) is 5.26 Å². The molecule has 0 atom stereocenters. The molecule has 0 bridgehead atoms. The van der Waals surface area contributed by atoms with Gasteiger partial charge in [-0.1, -0.05) is 144 Å². The molecule has 0 aliphatic carbocycles. The fourth-order valence-electron chi connectivity index (χ4n) is 8.86. The SMILES string of the molecule is Cc1cc2c3c(c1)N(c1ccc(C(C)(C)c4ccccc4)cc1C#N)c1ccc(C(C)(C)Br)cc1B3c1cc(C(C)(C)C)ccc1N2c1ccc(C(C)(C)C)cc1. The third-order valence-corrected chi connectivity index (χ3v) is 12.8. The zero-order valence-electron chi connectivity index (χ0n) is 35.3. The van der Waals surface area contributed by atoms with Crippen molar-refractivity contribution in [1.29, 1.82) is 5.26 Å². The quantitative estimate of drug-likeness (QED) is 0.128. The van der Waals surface area contributed by atoms with Gasteiger partial charge in [0.15, 0.2) is 0 Å². The maximum absolute atomic E-state index is 11.0. The lowest BCUT2D eigenvalue weighted by molar-refractivity contribution is 0.590. The first-order valence-electron chi connectivity index (χ1n) is 20.2. The summed E-state index contributed by atoms with van der Waals surface area (Å²) < 4.78 is -0.239. The van der Waals surface area contributed by atoms with Gasteiger partial charge in [0, 0.05) is 38.2 Å². The van der Waals surface area contributed by atoms with Crippen LogP contribution in [0.1, 0.15) is 108 Å². The Kier molecular flexibility index (Phi) is 9.21. The van der Waals surface area contributed by atoms with Gasteiger partial charge in [-0.25, -0.2) is 0 Å². The lowest BCUT2D eigenvalue weighted by Gasteiger charge is -2.45. The first kappa shape index (κ1) is 38.8. The second-order valence-corrected chi connectivity index (χ2v) is 21.2. The number of alkyl halides is 1. The van der Waals surface area contributed by atoms with Gasteiger partial charge in [-0.3, -0.25) is 0 Å². The number of nitrogens with zero attached hydrogens (tertiary/aromatic N) is 3. The van der Waals surface area contributed by atoms with Crippen molar-refractivity contribution < 1.29 is 0 Å². The number of rotatable bonds is 5.